The average Bonchev–Trinajstić information content (AvgIpc) is 2.95. The van der Waals surface area contributed by atoms with Gasteiger partial charge in [-0.1, -0.05) is 12.1 Å². The molecule has 0 atom stereocenters. The number of ether oxygens (including phenoxy) is 1. The lowest BCUT2D eigenvalue weighted by Gasteiger charge is -2.27. The molecular weight excluding hydrogens is 592 g/mol. The highest BCUT2D eigenvalue weighted by molar-refractivity contribution is 7.86. The molecule has 0 radical (unpaired) electrons. The fourth-order valence-electron chi connectivity index (χ4n) is 6.64. The summed E-state index contributed by atoms with van der Waals surface area (Å²) in [6.45, 7) is 3.30. The van der Waals surface area contributed by atoms with Crippen LogP contribution in [0.3, 0.4) is 0 Å². The first kappa shape index (κ1) is 27.7. The van der Waals surface area contributed by atoms with Crippen molar-refractivity contribution in [2.45, 2.75) is 42.4 Å². The molecule has 4 aromatic rings. The smallest absolute Gasteiger partial charge is 0.295 e. The molecule has 3 aliphatic rings. The Morgan fingerprint density at radius 3 is 2.33 bits per heavy atom. The molecule has 220 valence electrons. The van der Waals surface area contributed by atoms with Gasteiger partial charge in [-0.25, -0.2) is 4.58 Å². The number of hydrogen-bond acceptors (Lipinski definition) is 6. The van der Waals surface area contributed by atoms with Crippen LogP contribution in [0.15, 0.2) is 64.4 Å². The van der Waals surface area contributed by atoms with Gasteiger partial charge in [0.25, 0.3) is 20.2 Å². The van der Waals surface area contributed by atoms with Gasteiger partial charge in [-0.05, 0) is 60.7 Å². The summed E-state index contributed by atoms with van der Waals surface area (Å²) in [7, 11) is -9.71. The number of aryl methyl sites for hydroxylation is 1. The second-order valence-corrected chi connectivity index (χ2v) is 13.9. The van der Waals surface area contributed by atoms with E-state index in [9.17, 15) is 30.7 Å². The molecule has 7 rings (SSSR count). The minimum absolute atomic E-state index is 0.0746. The first-order valence-corrected chi connectivity index (χ1v) is 16.7. The third-order valence-corrected chi connectivity index (χ3v) is 10.0. The van der Waals surface area contributed by atoms with Crippen molar-refractivity contribution in [3.05, 3.63) is 87.4 Å². The van der Waals surface area contributed by atoms with Gasteiger partial charge >= 0.3 is 0 Å². The Morgan fingerprint density at radius 2 is 1.60 bits per heavy atom. The van der Waals surface area contributed by atoms with Crippen molar-refractivity contribution in [3.8, 4) is 11.5 Å². The number of nitrogens with one attached hydrogen (secondary N) is 1. The Kier molecular flexibility index (Phi) is 6.26. The van der Waals surface area contributed by atoms with E-state index in [0.717, 1.165) is 78.2 Å². The number of hydrogen-bond donors (Lipinski definition) is 3. The molecule has 3 heterocycles. The summed E-state index contributed by atoms with van der Waals surface area (Å²) in [6, 6.07) is 14.2. The van der Waals surface area contributed by atoms with Crippen molar-refractivity contribution in [2.75, 3.05) is 18.4 Å². The van der Waals surface area contributed by atoms with Gasteiger partial charge in [-0.2, -0.15) is 16.8 Å². The lowest BCUT2D eigenvalue weighted by Crippen LogP contribution is -2.45. The molecule has 0 fully saturated rings. The zero-order valence-corrected chi connectivity index (χ0v) is 24.7. The number of anilines is 1. The van der Waals surface area contributed by atoms with Gasteiger partial charge < -0.3 is 10.1 Å². The summed E-state index contributed by atoms with van der Waals surface area (Å²) < 4.78 is 78.4. The maximum atomic E-state index is 12.7. The second kappa shape index (κ2) is 9.71. The van der Waals surface area contributed by atoms with E-state index < -0.39 is 30.0 Å². The van der Waals surface area contributed by atoms with Crippen LogP contribution in [-0.2, 0) is 37.9 Å². The fourth-order valence-corrected chi connectivity index (χ4v) is 7.95. The van der Waals surface area contributed by atoms with Crippen molar-refractivity contribution in [2.24, 2.45) is 0 Å². The van der Waals surface area contributed by atoms with Gasteiger partial charge in [0, 0.05) is 58.3 Å². The Bertz CT molecular complexity index is 2270. The van der Waals surface area contributed by atoms with E-state index in [1.807, 2.05) is 24.3 Å². The van der Waals surface area contributed by atoms with E-state index in [1.165, 1.54) is 13.0 Å². The zero-order chi connectivity index (χ0) is 30.3. The molecule has 12 heteroatoms. The van der Waals surface area contributed by atoms with Crippen LogP contribution >= 0.6 is 0 Å². The number of rotatable bonds is 4. The normalized spacial score (nSPS) is 15.8. The Hall–Kier alpha value is -4.10. The number of amides is 1. The Balaban J connectivity index is 1.63. The van der Waals surface area contributed by atoms with Gasteiger partial charge in [0.1, 0.15) is 29.5 Å². The summed E-state index contributed by atoms with van der Waals surface area (Å²) in [5.41, 5.74) is 3.83. The molecule has 1 amide bonds. The molecule has 43 heavy (non-hydrogen) atoms. The first-order valence-electron chi connectivity index (χ1n) is 13.8. The van der Waals surface area contributed by atoms with Gasteiger partial charge in [-0.15, -0.1) is 0 Å². The zero-order valence-electron chi connectivity index (χ0n) is 23.0. The largest absolute Gasteiger partial charge is 0.455 e. The van der Waals surface area contributed by atoms with E-state index in [-0.39, 0.29) is 11.5 Å². The van der Waals surface area contributed by atoms with Crippen LogP contribution < -0.4 is 25.2 Å². The minimum atomic E-state index is -4.95. The summed E-state index contributed by atoms with van der Waals surface area (Å²) >= 11 is 0. The number of carbonyl (C=O) groups excluding carboxylic acids is 1. The van der Waals surface area contributed by atoms with E-state index in [1.54, 1.807) is 12.1 Å². The van der Waals surface area contributed by atoms with Crippen LogP contribution in [0, 0.1) is 0 Å². The van der Waals surface area contributed by atoms with E-state index >= 15 is 0 Å². The topological polar surface area (TPSA) is 150 Å². The third kappa shape index (κ3) is 4.61. The second-order valence-electron chi connectivity index (χ2n) is 11.1. The van der Waals surface area contributed by atoms with Crippen molar-refractivity contribution in [3.63, 3.8) is 0 Å². The molecule has 0 unspecified atom stereocenters. The van der Waals surface area contributed by atoms with Crippen molar-refractivity contribution in [1.29, 1.82) is 0 Å². The van der Waals surface area contributed by atoms with Crippen LogP contribution in [-0.4, -0.2) is 44.9 Å². The van der Waals surface area contributed by atoms with Crippen LogP contribution in [0.5, 0.6) is 11.5 Å². The van der Waals surface area contributed by atoms with Gasteiger partial charge in [0.2, 0.25) is 11.3 Å². The maximum absolute atomic E-state index is 12.7. The molecule has 0 aliphatic carbocycles. The van der Waals surface area contributed by atoms with Crippen molar-refractivity contribution < 1.29 is 35.5 Å². The highest BCUT2D eigenvalue weighted by Crippen LogP contribution is 2.44. The molecule has 0 spiro atoms. The monoisotopic (exact) mass is 619 g/mol. The molecule has 0 saturated heterocycles. The fraction of sp³-hybridized carbons (Fsp3) is 0.226. The highest BCUT2D eigenvalue weighted by atomic mass is 32.2. The SMILES string of the molecule is CC(=O)Nc1ccc2c3c(ccc2c1)C(c1ccc(S(=O)(=O)O)cc1S(=O)(=O)O)=c1cc2c4c(c1O3)CCC[N+]=4CCC2. The minimum Gasteiger partial charge on any atom is -0.455 e. The number of benzene rings is 4. The number of fused-ring (bicyclic) bond motifs is 5. The summed E-state index contributed by atoms with van der Waals surface area (Å²) in [4.78, 5) is 10.4. The first-order chi connectivity index (χ1) is 20.4. The number of nitrogens with zero attached hydrogens (tertiary/aromatic N) is 1. The van der Waals surface area contributed by atoms with E-state index in [2.05, 4.69) is 9.89 Å². The highest BCUT2D eigenvalue weighted by Gasteiger charge is 2.33. The van der Waals surface area contributed by atoms with Gasteiger partial charge in [0.15, 0.2) is 0 Å². The molecular formula is C31H27N2O8S2+. The summed E-state index contributed by atoms with van der Waals surface area (Å²) in [6.07, 6.45) is 3.49. The molecule has 3 N–H and O–H groups in total. The average molecular weight is 620 g/mol. The Labute approximate surface area is 247 Å². The Morgan fingerprint density at radius 1 is 0.860 bits per heavy atom. The van der Waals surface area contributed by atoms with Crippen LogP contribution in [0.1, 0.15) is 42.0 Å². The van der Waals surface area contributed by atoms with Gasteiger partial charge in [-0.3, -0.25) is 13.9 Å². The predicted molar refractivity (Wildman–Crippen MR) is 159 cm³/mol. The van der Waals surface area contributed by atoms with Crippen LogP contribution in [0.2, 0.25) is 0 Å². The third-order valence-electron chi connectivity index (χ3n) is 8.30. The van der Waals surface area contributed by atoms with Gasteiger partial charge in [0.05, 0.1) is 10.5 Å². The lowest BCUT2D eigenvalue weighted by atomic mass is 9.86. The summed E-state index contributed by atoms with van der Waals surface area (Å²) in [5, 5.41) is 6.06. The maximum Gasteiger partial charge on any atom is 0.295 e. The lowest BCUT2D eigenvalue weighted by molar-refractivity contribution is -0.114. The van der Waals surface area contributed by atoms with Crippen molar-refractivity contribution in [1.82, 2.24) is 4.58 Å². The molecule has 10 nitrogen and oxygen atoms in total. The number of carbonyl (C=O) groups is 1. The van der Waals surface area contributed by atoms with Crippen molar-refractivity contribution >= 4 is 48.2 Å². The quantitative estimate of drug-likeness (QED) is 0.205. The standard InChI is InChI=1S/C31H26N2O8S2/c1-17(34)32-20-7-10-22-18(14-20)6-9-24-28(23-11-8-21(42(35,36)37)16-27(23)43(38,39)40)26-15-19-4-2-12-33-13-3-5-25(29(19)33)31(26)41-30(22)24/h6-11,14-16H,2-5,12-13H2,1H3,(H2,35,36,37,38,39,40)/p+1. The summed E-state index contributed by atoms with van der Waals surface area (Å²) in [5.74, 6) is 0.850. The molecule has 0 aromatic heterocycles. The van der Waals surface area contributed by atoms with Crippen LogP contribution in [0.4, 0.5) is 5.69 Å². The molecule has 4 aromatic carbocycles. The molecule has 0 saturated carbocycles. The molecule has 0 bridgehead atoms. The van der Waals surface area contributed by atoms with E-state index in [4.69, 9.17) is 4.74 Å². The van der Waals surface area contributed by atoms with E-state index in [0.29, 0.717) is 33.5 Å². The molecule has 3 aliphatic heterocycles. The van der Waals surface area contributed by atoms with Crippen LogP contribution in [0.25, 0.3) is 16.3 Å². The predicted octanol–water partition coefficient (Wildman–Crippen LogP) is 3.03.